The van der Waals surface area contributed by atoms with Gasteiger partial charge in [-0.15, -0.1) is 0 Å². The summed E-state index contributed by atoms with van der Waals surface area (Å²) < 4.78 is 5.88. The Kier molecular flexibility index (Phi) is 1.81. The maximum atomic E-state index is 12.1. The van der Waals surface area contributed by atoms with E-state index < -0.39 is 0 Å². The average Bonchev–Trinajstić information content (AvgIpc) is 2.78. The Balaban J connectivity index is 2.40. The number of furan rings is 1. The van der Waals surface area contributed by atoms with Gasteiger partial charge < -0.3 is 9.40 Å². The van der Waals surface area contributed by atoms with Gasteiger partial charge in [0.05, 0.1) is 5.52 Å². The van der Waals surface area contributed by atoms with Crippen LogP contribution >= 0.6 is 0 Å². The highest BCUT2D eigenvalue weighted by Gasteiger charge is 2.11. The second kappa shape index (κ2) is 3.35. The molecule has 0 aliphatic heterocycles. The van der Waals surface area contributed by atoms with E-state index in [-0.39, 0.29) is 5.56 Å². The van der Waals surface area contributed by atoms with E-state index in [1.807, 2.05) is 30.3 Å². The predicted molar refractivity (Wildman–Crippen MR) is 71.8 cm³/mol. The molecule has 0 unspecified atom stereocenters. The van der Waals surface area contributed by atoms with Crippen molar-refractivity contribution in [3.63, 3.8) is 0 Å². The summed E-state index contributed by atoms with van der Waals surface area (Å²) in [5.41, 5.74) is 2.39. The van der Waals surface area contributed by atoms with Gasteiger partial charge in [0.25, 0.3) is 5.56 Å². The van der Waals surface area contributed by atoms with Crippen LogP contribution in [0, 0.1) is 0 Å². The van der Waals surface area contributed by atoms with E-state index in [0.717, 1.165) is 45.3 Å². The van der Waals surface area contributed by atoms with E-state index in [1.54, 1.807) is 0 Å². The number of aromatic nitrogens is 1. The molecule has 0 saturated heterocycles. The molecule has 0 radical (unpaired) electrons. The van der Waals surface area contributed by atoms with Gasteiger partial charge in [0.15, 0.2) is 5.58 Å². The van der Waals surface area contributed by atoms with Gasteiger partial charge in [-0.25, -0.2) is 0 Å². The fourth-order valence-electron chi connectivity index (χ4n) is 2.65. The van der Waals surface area contributed by atoms with Crippen molar-refractivity contribution in [2.75, 3.05) is 0 Å². The van der Waals surface area contributed by atoms with Crippen molar-refractivity contribution in [3.8, 4) is 0 Å². The first-order valence-corrected chi connectivity index (χ1v) is 6.08. The zero-order chi connectivity index (χ0) is 12.1. The molecule has 18 heavy (non-hydrogen) atoms. The summed E-state index contributed by atoms with van der Waals surface area (Å²) >= 11 is 0. The zero-order valence-corrected chi connectivity index (χ0v) is 9.69. The smallest absolute Gasteiger partial charge is 0.256 e. The third-order valence-electron chi connectivity index (χ3n) is 3.48. The predicted octanol–water partition coefficient (Wildman–Crippen LogP) is 1.63. The number of benzene rings is 1. The Morgan fingerprint density at radius 2 is 1.83 bits per heavy atom. The van der Waals surface area contributed by atoms with E-state index in [1.165, 1.54) is 0 Å². The van der Waals surface area contributed by atoms with Crippen LogP contribution in [0.15, 0.2) is 33.5 Å². The van der Waals surface area contributed by atoms with Crippen molar-refractivity contribution in [3.05, 3.63) is 45.1 Å². The molecule has 0 bridgehead atoms. The first-order chi connectivity index (χ1) is 8.84. The van der Waals surface area contributed by atoms with Crippen LogP contribution in [0.5, 0.6) is 0 Å². The molecule has 1 aliphatic carbocycles. The van der Waals surface area contributed by atoms with Crippen LogP contribution in [0.25, 0.3) is 34.2 Å². The first kappa shape index (κ1) is 9.71. The van der Waals surface area contributed by atoms with Crippen LogP contribution in [0.3, 0.4) is 0 Å². The SMILES string of the molecule is O=c1[nH]c2c(oc3ccccc32)c2c1=CCCC=2. The van der Waals surface area contributed by atoms with Crippen LogP contribution in [-0.2, 0) is 0 Å². The Hall–Kier alpha value is -2.29. The number of nitrogens with one attached hydrogen (secondary N) is 1. The molecule has 3 heteroatoms. The van der Waals surface area contributed by atoms with Crippen LogP contribution in [0.1, 0.15) is 12.8 Å². The lowest BCUT2D eigenvalue weighted by Crippen LogP contribution is -2.41. The van der Waals surface area contributed by atoms with E-state index >= 15 is 0 Å². The first-order valence-electron chi connectivity index (χ1n) is 6.08. The van der Waals surface area contributed by atoms with Crippen molar-refractivity contribution >= 4 is 34.2 Å². The Morgan fingerprint density at radius 1 is 1.06 bits per heavy atom. The van der Waals surface area contributed by atoms with Gasteiger partial charge in [-0.3, -0.25) is 4.79 Å². The summed E-state index contributed by atoms with van der Waals surface area (Å²) in [6, 6.07) is 7.78. The lowest BCUT2D eigenvalue weighted by molar-refractivity contribution is 0.663. The van der Waals surface area contributed by atoms with E-state index in [4.69, 9.17) is 4.42 Å². The second-order valence-electron chi connectivity index (χ2n) is 4.57. The number of fused-ring (bicyclic) bond motifs is 5. The molecule has 0 atom stereocenters. The van der Waals surface area contributed by atoms with Gasteiger partial charge in [-0.2, -0.15) is 0 Å². The summed E-state index contributed by atoms with van der Waals surface area (Å²) in [7, 11) is 0. The number of H-pyrrole nitrogens is 1. The molecule has 0 fully saturated rings. The molecular formula is C15H11NO2. The third-order valence-corrected chi connectivity index (χ3v) is 3.48. The minimum Gasteiger partial charge on any atom is -0.454 e. The minimum absolute atomic E-state index is 0.0278. The van der Waals surface area contributed by atoms with Gasteiger partial charge in [-0.1, -0.05) is 24.3 Å². The number of para-hydroxylation sites is 1. The van der Waals surface area contributed by atoms with Crippen molar-refractivity contribution in [2.24, 2.45) is 0 Å². The molecule has 2 aromatic heterocycles. The minimum atomic E-state index is -0.0278. The summed E-state index contributed by atoms with van der Waals surface area (Å²) in [4.78, 5) is 15.0. The van der Waals surface area contributed by atoms with E-state index in [2.05, 4.69) is 11.1 Å². The quantitative estimate of drug-likeness (QED) is 0.646. The Labute approximate surface area is 102 Å². The highest BCUT2D eigenvalue weighted by Crippen LogP contribution is 2.23. The van der Waals surface area contributed by atoms with Gasteiger partial charge in [0, 0.05) is 15.8 Å². The number of hydrogen-bond donors (Lipinski definition) is 1. The molecule has 88 valence electrons. The van der Waals surface area contributed by atoms with Gasteiger partial charge >= 0.3 is 0 Å². The van der Waals surface area contributed by atoms with Gasteiger partial charge in [-0.05, 0) is 25.0 Å². The van der Waals surface area contributed by atoms with E-state index in [9.17, 15) is 4.79 Å². The summed E-state index contributed by atoms with van der Waals surface area (Å²) in [5, 5.41) is 2.65. The molecular weight excluding hydrogens is 226 g/mol. The molecule has 3 nitrogen and oxygen atoms in total. The molecule has 1 aliphatic rings. The van der Waals surface area contributed by atoms with Crippen molar-refractivity contribution < 1.29 is 4.42 Å². The second-order valence-corrected chi connectivity index (χ2v) is 4.57. The van der Waals surface area contributed by atoms with E-state index in [0.29, 0.717) is 0 Å². The maximum absolute atomic E-state index is 12.1. The largest absolute Gasteiger partial charge is 0.454 e. The van der Waals surface area contributed by atoms with Crippen molar-refractivity contribution in [2.45, 2.75) is 12.8 Å². The maximum Gasteiger partial charge on any atom is 0.256 e. The highest BCUT2D eigenvalue weighted by molar-refractivity contribution is 6.02. The molecule has 0 spiro atoms. The van der Waals surface area contributed by atoms with Crippen LogP contribution in [0.4, 0.5) is 0 Å². The fourth-order valence-corrected chi connectivity index (χ4v) is 2.65. The van der Waals surface area contributed by atoms with Crippen LogP contribution < -0.4 is 16.0 Å². The molecule has 0 amide bonds. The van der Waals surface area contributed by atoms with Gasteiger partial charge in [0.1, 0.15) is 5.58 Å². The highest BCUT2D eigenvalue weighted by atomic mass is 16.3. The fraction of sp³-hybridized carbons (Fsp3) is 0.133. The molecule has 4 rings (SSSR count). The standard InChI is InChI=1S/C15H11NO2/c17-15-10-6-2-1-5-9(10)14-13(16-15)11-7-3-4-8-12(11)18-14/h3-8H,1-2H2,(H,16,17). The summed E-state index contributed by atoms with van der Waals surface area (Å²) in [6.07, 6.45) is 5.96. The summed E-state index contributed by atoms with van der Waals surface area (Å²) in [5.74, 6) is 0. The molecule has 0 saturated carbocycles. The lowest BCUT2D eigenvalue weighted by atomic mass is 10.1. The molecule has 3 aromatic rings. The third kappa shape index (κ3) is 1.16. The normalized spacial score (nSPS) is 14.2. The number of rotatable bonds is 0. The Morgan fingerprint density at radius 3 is 2.72 bits per heavy atom. The molecule has 1 aromatic carbocycles. The molecule has 1 N–H and O–H groups in total. The number of aromatic amines is 1. The number of hydrogen-bond acceptors (Lipinski definition) is 2. The lowest BCUT2D eigenvalue weighted by Gasteiger charge is -1.99. The number of pyridine rings is 1. The Bertz CT molecular complexity index is 944. The molecule has 2 heterocycles. The van der Waals surface area contributed by atoms with Crippen molar-refractivity contribution in [1.82, 2.24) is 4.98 Å². The zero-order valence-electron chi connectivity index (χ0n) is 9.69. The van der Waals surface area contributed by atoms with Crippen molar-refractivity contribution in [1.29, 1.82) is 0 Å². The van der Waals surface area contributed by atoms with Crippen LogP contribution in [-0.4, -0.2) is 4.98 Å². The van der Waals surface area contributed by atoms with Crippen LogP contribution in [0.2, 0.25) is 0 Å². The topological polar surface area (TPSA) is 46.0 Å². The average molecular weight is 237 g/mol. The summed E-state index contributed by atoms with van der Waals surface area (Å²) in [6.45, 7) is 0. The van der Waals surface area contributed by atoms with Gasteiger partial charge in [0.2, 0.25) is 0 Å². The monoisotopic (exact) mass is 237 g/mol.